The number of nitrogens with one attached hydrogen (secondary N) is 1. The van der Waals surface area contributed by atoms with Gasteiger partial charge >= 0.3 is 13.7 Å². The zero-order chi connectivity index (χ0) is 19.7. The Labute approximate surface area is 167 Å². The van der Waals surface area contributed by atoms with Crippen LogP contribution in [0.1, 0.15) is 30.8 Å². The van der Waals surface area contributed by atoms with E-state index in [2.05, 4.69) is 21.2 Å². The fraction of sp³-hybridized carbons (Fsp3) is 0.316. The predicted molar refractivity (Wildman–Crippen MR) is 108 cm³/mol. The zero-order valence-corrected chi connectivity index (χ0v) is 17.7. The van der Waals surface area contributed by atoms with Crippen molar-refractivity contribution in [3.8, 4) is 0 Å². The van der Waals surface area contributed by atoms with Gasteiger partial charge in [-0.25, -0.2) is 4.79 Å². The van der Waals surface area contributed by atoms with Gasteiger partial charge in [0, 0.05) is 10.0 Å². The third-order valence-corrected chi connectivity index (χ3v) is 6.60. The molecule has 2 aromatic rings. The van der Waals surface area contributed by atoms with Gasteiger partial charge in [0.1, 0.15) is 6.61 Å². The monoisotopic (exact) mass is 455 g/mol. The van der Waals surface area contributed by atoms with Crippen molar-refractivity contribution in [1.82, 2.24) is 5.32 Å². The van der Waals surface area contributed by atoms with Crippen molar-refractivity contribution in [3.63, 3.8) is 0 Å². The Bertz CT molecular complexity index is 777. The standard InChI is InChI=1S/C19H23BrNO5P/c1-3-25-27(23,26-4-2)18(16-12-8-9-13-17(16)20)21-19(22)24-14-15-10-6-5-7-11-15/h5-13,18H,3-4,14H2,1-2H3,(H,21,22). The number of hydrogen-bond donors (Lipinski definition) is 1. The molecule has 0 aromatic heterocycles. The maximum absolute atomic E-state index is 13.3. The number of hydrogen-bond acceptors (Lipinski definition) is 5. The lowest BCUT2D eigenvalue weighted by atomic mass is 10.2. The maximum Gasteiger partial charge on any atom is 0.408 e. The summed E-state index contributed by atoms with van der Waals surface area (Å²) in [5.74, 6) is -1.00. The van der Waals surface area contributed by atoms with E-state index < -0.39 is 19.5 Å². The average molecular weight is 456 g/mol. The minimum absolute atomic E-state index is 0.100. The third-order valence-electron chi connectivity index (χ3n) is 3.60. The Balaban J connectivity index is 2.22. The number of carbonyl (C=O) groups excluding carboxylic acids is 1. The number of carbonyl (C=O) groups is 1. The SMILES string of the molecule is CCOP(=O)(OCC)C(NC(=O)OCc1ccccc1)c1ccccc1Br. The Hall–Kier alpha value is -1.66. The number of ether oxygens (including phenoxy) is 1. The number of alkyl carbamates (subject to hydrolysis) is 1. The number of amides is 1. The van der Waals surface area contributed by atoms with Crippen molar-refractivity contribution in [2.24, 2.45) is 0 Å². The van der Waals surface area contributed by atoms with Crippen LogP contribution in [0.2, 0.25) is 0 Å². The molecule has 1 N–H and O–H groups in total. The molecule has 0 saturated heterocycles. The molecule has 1 unspecified atom stereocenters. The van der Waals surface area contributed by atoms with E-state index in [1.54, 1.807) is 32.0 Å². The Kier molecular flexibility index (Phi) is 8.51. The Morgan fingerprint density at radius 3 is 2.22 bits per heavy atom. The zero-order valence-electron chi connectivity index (χ0n) is 15.3. The summed E-state index contributed by atoms with van der Waals surface area (Å²) in [6.45, 7) is 3.90. The molecule has 8 heteroatoms. The summed E-state index contributed by atoms with van der Waals surface area (Å²) >= 11 is 3.43. The molecule has 0 radical (unpaired) electrons. The van der Waals surface area contributed by atoms with E-state index in [4.69, 9.17) is 13.8 Å². The molecule has 0 spiro atoms. The van der Waals surface area contributed by atoms with Crippen LogP contribution in [-0.2, 0) is 25.0 Å². The summed E-state index contributed by atoms with van der Waals surface area (Å²) in [7, 11) is -3.67. The summed E-state index contributed by atoms with van der Waals surface area (Å²) in [6, 6.07) is 16.5. The van der Waals surface area contributed by atoms with Crippen molar-refractivity contribution in [2.45, 2.75) is 26.2 Å². The summed E-state index contributed by atoms with van der Waals surface area (Å²) < 4.78 is 30.2. The van der Waals surface area contributed by atoms with E-state index >= 15 is 0 Å². The molecule has 1 atom stereocenters. The highest BCUT2D eigenvalue weighted by atomic mass is 79.9. The van der Waals surface area contributed by atoms with Gasteiger partial charge in [-0.1, -0.05) is 64.5 Å². The molecule has 0 aliphatic carbocycles. The van der Waals surface area contributed by atoms with E-state index in [-0.39, 0.29) is 19.8 Å². The van der Waals surface area contributed by atoms with Gasteiger partial charge < -0.3 is 19.1 Å². The largest absolute Gasteiger partial charge is 0.445 e. The van der Waals surface area contributed by atoms with Gasteiger partial charge in [0.25, 0.3) is 0 Å². The smallest absolute Gasteiger partial charge is 0.408 e. The molecule has 0 heterocycles. The van der Waals surface area contributed by atoms with Gasteiger partial charge in [0.2, 0.25) is 0 Å². The first kappa shape index (κ1) is 21.6. The second-order valence-electron chi connectivity index (χ2n) is 5.51. The molecule has 0 aliphatic rings. The topological polar surface area (TPSA) is 73.9 Å². The van der Waals surface area contributed by atoms with E-state index in [9.17, 15) is 9.36 Å². The highest BCUT2D eigenvalue weighted by Crippen LogP contribution is 2.60. The van der Waals surface area contributed by atoms with Crippen molar-refractivity contribution in [2.75, 3.05) is 13.2 Å². The minimum Gasteiger partial charge on any atom is -0.445 e. The van der Waals surface area contributed by atoms with Crippen LogP contribution in [0.25, 0.3) is 0 Å². The normalized spacial score (nSPS) is 12.4. The van der Waals surface area contributed by atoms with Crippen LogP contribution >= 0.6 is 23.5 Å². The molecule has 2 aromatic carbocycles. The van der Waals surface area contributed by atoms with Crippen molar-refractivity contribution in [1.29, 1.82) is 0 Å². The fourth-order valence-corrected chi connectivity index (χ4v) is 5.06. The molecular weight excluding hydrogens is 433 g/mol. The van der Waals surface area contributed by atoms with Gasteiger partial charge in [-0.3, -0.25) is 4.57 Å². The Morgan fingerprint density at radius 1 is 1.04 bits per heavy atom. The van der Waals surface area contributed by atoms with Gasteiger partial charge in [-0.05, 0) is 25.5 Å². The Morgan fingerprint density at radius 2 is 1.63 bits per heavy atom. The van der Waals surface area contributed by atoms with Crippen LogP contribution in [0.15, 0.2) is 59.1 Å². The molecule has 27 heavy (non-hydrogen) atoms. The molecule has 0 fully saturated rings. The highest BCUT2D eigenvalue weighted by molar-refractivity contribution is 9.10. The summed E-state index contributed by atoms with van der Waals surface area (Å²) in [6.07, 6.45) is -0.709. The van der Waals surface area contributed by atoms with Crippen molar-refractivity contribution < 1.29 is 23.1 Å². The van der Waals surface area contributed by atoms with Crippen LogP contribution in [-0.4, -0.2) is 19.3 Å². The molecule has 0 bridgehead atoms. The van der Waals surface area contributed by atoms with E-state index in [1.165, 1.54) is 0 Å². The lowest BCUT2D eigenvalue weighted by molar-refractivity contribution is 0.134. The first-order valence-electron chi connectivity index (χ1n) is 8.60. The lowest BCUT2D eigenvalue weighted by Crippen LogP contribution is -2.30. The second kappa shape index (κ2) is 10.6. The van der Waals surface area contributed by atoms with Crippen molar-refractivity contribution in [3.05, 3.63) is 70.2 Å². The first-order valence-corrected chi connectivity index (χ1v) is 11.0. The van der Waals surface area contributed by atoms with Gasteiger partial charge in [-0.15, -0.1) is 0 Å². The second-order valence-corrected chi connectivity index (χ2v) is 8.47. The minimum atomic E-state index is -3.67. The van der Waals surface area contributed by atoms with E-state index in [1.807, 2.05) is 36.4 Å². The number of halogens is 1. The van der Waals surface area contributed by atoms with Gasteiger partial charge in [0.15, 0.2) is 5.78 Å². The van der Waals surface area contributed by atoms with Crippen LogP contribution in [0.4, 0.5) is 4.79 Å². The number of benzene rings is 2. The van der Waals surface area contributed by atoms with E-state index in [0.29, 0.717) is 10.0 Å². The average Bonchev–Trinajstić information content (AvgIpc) is 2.66. The fourth-order valence-electron chi connectivity index (χ4n) is 2.45. The molecule has 2 rings (SSSR count). The molecular formula is C19H23BrNO5P. The van der Waals surface area contributed by atoms with Gasteiger partial charge in [0.05, 0.1) is 13.2 Å². The van der Waals surface area contributed by atoms with Gasteiger partial charge in [-0.2, -0.15) is 0 Å². The maximum atomic E-state index is 13.3. The highest BCUT2D eigenvalue weighted by Gasteiger charge is 2.39. The molecule has 1 amide bonds. The predicted octanol–water partition coefficient (Wildman–Crippen LogP) is 5.64. The van der Waals surface area contributed by atoms with Crippen LogP contribution in [0.3, 0.4) is 0 Å². The molecule has 0 aliphatic heterocycles. The van der Waals surface area contributed by atoms with Crippen LogP contribution in [0.5, 0.6) is 0 Å². The van der Waals surface area contributed by atoms with E-state index in [0.717, 1.165) is 5.56 Å². The lowest BCUT2D eigenvalue weighted by Gasteiger charge is -2.27. The van der Waals surface area contributed by atoms with Crippen molar-refractivity contribution >= 4 is 29.6 Å². The third kappa shape index (κ3) is 6.18. The van der Waals surface area contributed by atoms with Crippen LogP contribution < -0.4 is 5.32 Å². The summed E-state index contributed by atoms with van der Waals surface area (Å²) in [5, 5.41) is 2.65. The molecule has 0 saturated carbocycles. The molecule has 6 nitrogen and oxygen atoms in total. The molecule has 146 valence electrons. The van der Waals surface area contributed by atoms with Crippen LogP contribution in [0, 0.1) is 0 Å². The summed E-state index contributed by atoms with van der Waals surface area (Å²) in [5.41, 5.74) is 1.43. The first-order chi connectivity index (χ1) is 13.0. The quantitative estimate of drug-likeness (QED) is 0.495. The summed E-state index contributed by atoms with van der Waals surface area (Å²) in [4.78, 5) is 12.4. The number of rotatable bonds is 9.